The zero-order chi connectivity index (χ0) is 25.2. The van der Waals surface area contributed by atoms with Crippen LogP contribution in [0.5, 0.6) is 17.2 Å². The zero-order valence-electron chi connectivity index (χ0n) is 20.6. The summed E-state index contributed by atoms with van der Waals surface area (Å²) in [7, 11) is 3.28. The molecule has 0 saturated carbocycles. The highest BCUT2D eigenvalue weighted by molar-refractivity contribution is 9.10. The molecule has 0 aromatic heterocycles. The fourth-order valence-electron chi connectivity index (χ4n) is 5.05. The molecule has 0 spiro atoms. The molecule has 0 bridgehead atoms. The Hall–Kier alpha value is -3.45. The summed E-state index contributed by atoms with van der Waals surface area (Å²) in [6.45, 7) is 2.51. The van der Waals surface area contributed by atoms with E-state index in [1.165, 1.54) is 0 Å². The highest BCUT2D eigenvalue weighted by Crippen LogP contribution is 2.45. The molecular formula is C29H29BrN2O4. The van der Waals surface area contributed by atoms with E-state index >= 15 is 0 Å². The molecule has 0 amide bonds. The van der Waals surface area contributed by atoms with Gasteiger partial charge < -0.3 is 24.8 Å². The lowest BCUT2D eigenvalue weighted by Gasteiger charge is -2.30. The Morgan fingerprint density at radius 3 is 2.33 bits per heavy atom. The van der Waals surface area contributed by atoms with Crippen LogP contribution >= 0.6 is 15.9 Å². The van der Waals surface area contributed by atoms with Gasteiger partial charge in [0, 0.05) is 17.7 Å². The number of carbonyl (C=O) groups excluding carboxylic acids is 1. The standard InChI is InChI=1S/C29H29BrN2O4/c1-4-36-26-12-9-17(16-27(26)35-3)19-14-23-28(24(33)15-19)29(18-10-11-25(34-2)20(30)13-18)32-22-8-6-5-7-21(22)31-23/h5-13,16,19,29,31-32H,4,14-15H2,1-3H3/t19-,29-/m0/s1. The summed E-state index contributed by atoms with van der Waals surface area (Å²) in [5.74, 6) is 2.30. The molecule has 1 heterocycles. The first-order chi connectivity index (χ1) is 17.5. The average molecular weight is 549 g/mol. The largest absolute Gasteiger partial charge is 0.496 e. The van der Waals surface area contributed by atoms with Crippen LogP contribution in [0.1, 0.15) is 42.9 Å². The molecule has 2 atom stereocenters. The number of halogens is 1. The predicted octanol–water partition coefficient (Wildman–Crippen LogP) is 6.84. The van der Waals surface area contributed by atoms with Crippen LogP contribution in [-0.2, 0) is 4.79 Å². The van der Waals surface area contributed by atoms with Crippen LogP contribution in [0.2, 0.25) is 0 Å². The fraction of sp³-hybridized carbons (Fsp3) is 0.276. The first-order valence-corrected chi connectivity index (χ1v) is 12.8. The Morgan fingerprint density at radius 2 is 1.61 bits per heavy atom. The number of methoxy groups -OCH3 is 2. The molecule has 1 aliphatic heterocycles. The smallest absolute Gasteiger partial charge is 0.163 e. The Labute approximate surface area is 219 Å². The molecule has 186 valence electrons. The summed E-state index contributed by atoms with van der Waals surface area (Å²) >= 11 is 3.61. The van der Waals surface area contributed by atoms with Crippen LogP contribution in [0.15, 0.2) is 76.4 Å². The summed E-state index contributed by atoms with van der Waals surface area (Å²) in [5, 5.41) is 7.22. The number of anilines is 2. The summed E-state index contributed by atoms with van der Waals surface area (Å²) in [4.78, 5) is 13.8. The van der Waals surface area contributed by atoms with Crippen molar-refractivity contribution in [2.45, 2.75) is 31.7 Å². The first-order valence-electron chi connectivity index (χ1n) is 12.0. The van der Waals surface area contributed by atoms with Gasteiger partial charge in [-0.2, -0.15) is 0 Å². The number of ketones is 1. The normalized spacial score (nSPS) is 18.8. The molecule has 5 rings (SSSR count). The average Bonchev–Trinajstić information content (AvgIpc) is 3.06. The molecule has 3 aromatic carbocycles. The predicted molar refractivity (Wildman–Crippen MR) is 145 cm³/mol. The van der Waals surface area contributed by atoms with Crippen molar-refractivity contribution in [1.29, 1.82) is 0 Å². The number of rotatable bonds is 6. The van der Waals surface area contributed by atoms with Crippen molar-refractivity contribution in [2.75, 3.05) is 31.5 Å². The van der Waals surface area contributed by atoms with Crippen molar-refractivity contribution in [2.24, 2.45) is 0 Å². The third kappa shape index (κ3) is 4.55. The number of allylic oxidation sites excluding steroid dienone is 1. The van der Waals surface area contributed by atoms with Crippen molar-refractivity contribution >= 4 is 33.1 Å². The van der Waals surface area contributed by atoms with E-state index in [0.29, 0.717) is 30.9 Å². The van der Waals surface area contributed by atoms with E-state index in [1.54, 1.807) is 14.2 Å². The maximum absolute atomic E-state index is 13.8. The van der Waals surface area contributed by atoms with Crippen LogP contribution in [0.25, 0.3) is 0 Å². The number of para-hydroxylation sites is 2. The van der Waals surface area contributed by atoms with E-state index in [9.17, 15) is 4.79 Å². The topological polar surface area (TPSA) is 68.8 Å². The van der Waals surface area contributed by atoms with Gasteiger partial charge in [-0.05, 0) is 82.7 Å². The molecule has 0 saturated heterocycles. The minimum absolute atomic E-state index is 0.0295. The first kappa shape index (κ1) is 24.3. The van der Waals surface area contributed by atoms with E-state index < -0.39 is 0 Å². The van der Waals surface area contributed by atoms with E-state index in [0.717, 1.165) is 44.0 Å². The maximum atomic E-state index is 13.8. The fourth-order valence-corrected chi connectivity index (χ4v) is 5.61. The molecule has 0 unspecified atom stereocenters. The highest BCUT2D eigenvalue weighted by atomic mass is 79.9. The van der Waals surface area contributed by atoms with Gasteiger partial charge in [0.1, 0.15) is 5.75 Å². The third-order valence-corrected chi connectivity index (χ3v) is 7.40. The molecule has 0 radical (unpaired) electrons. The number of carbonyl (C=O) groups is 1. The van der Waals surface area contributed by atoms with E-state index in [-0.39, 0.29) is 17.7 Å². The Kier molecular flexibility index (Phi) is 6.92. The number of hydrogen-bond donors (Lipinski definition) is 2. The van der Waals surface area contributed by atoms with Gasteiger partial charge in [-0.1, -0.05) is 24.3 Å². The monoisotopic (exact) mass is 548 g/mol. The molecule has 7 heteroatoms. The van der Waals surface area contributed by atoms with Crippen LogP contribution in [0.3, 0.4) is 0 Å². The molecule has 1 aliphatic carbocycles. The third-order valence-electron chi connectivity index (χ3n) is 6.78. The summed E-state index contributed by atoms with van der Waals surface area (Å²) in [6.07, 6.45) is 1.13. The van der Waals surface area contributed by atoms with Crippen molar-refractivity contribution in [1.82, 2.24) is 0 Å². The number of hydrogen-bond acceptors (Lipinski definition) is 6. The number of fused-ring (bicyclic) bond motifs is 1. The van der Waals surface area contributed by atoms with E-state index in [4.69, 9.17) is 14.2 Å². The summed E-state index contributed by atoms with van der Waals surface area (Å²) in [6, 6.07) is 19.7. The summed E-state index contributed by atoms with van der Waals surface area (Å²) < 4.78 is 17.5. The Morgan fingerprint density at radius 1 is 0.889 bits per heavy atom. The lowest BCUT2D eigenvalue weighted by Crippen LogP contribution is -2.27. The van der Waals surface area contributed by atoms with Gasteiger partial charge >= 0.3 is 0 Å². The molecule has 36 heavy (non-hydrogen) atoms. The lowest BCUT2D eigenvalue weighted by molar-refractivity contribution is -0.116. The minimum atomic E-state index is -0.290. The number of nitrogens with one attached hydrogen (secondary N) is 2. The quantitative estimate of drug-likeness (QED) is 0.351. The van der Waals surface area contributed by atoms with Gasteiger partial charge in [0.15, 0.2) is 17.3 Å². The SMILES string of the molecule is CCOc1ccc([C@@H]2CC(=O)C3=C(C2)Nc2ccccc2N[C@H]3c2ccc(OC)c(Br)c2)cc1OC. The number of ether oxygens (including phenoxy) is 3. The number of benzene rings is 3. The van der Waals surface area contributed by atoms with E-state index in [2.05, 4.69) is 26.6 Å². The van der Waals surface area contributed by atoms with Crippen LogP contribution in [-0.4, -0.2) is 26.6 Å². The molecule has 0 fully saturated rings. The van der Waals surface area contributed by atoms with Crippen molar-refractivity contribution in [3.8, 4) is 17.2 Å². The van der Waals surface area contributed by atoms with Gasteiger partial charge in [-0.3, -0.25) is 4.79 Å². The van der Waals surface area contributed by atoms with Crippen molar-refractivity contribution < 1.29 is 19.0 Å². The van der Waals surface area contributed by atoms with Crippen LogP contribution in [0, 0.1) is 0 Å². The Balaban J connectivity index is 1.56. The molecule has 6 nitrogen and oxygen atoms in total. The minimum Gasteiger partial charge on any atom is -0.496 e. The van der Waals surface area contributed by atoms with E-state index in [1.807, 2.05) is 67.6 Å². The Bertz CT molecular complexity index is 1340. The van der Waals surface area contributed by atoms with Gasteiger partial charge in [0.25, 0.3) is 0 Å². The highest BCUT2D eigenvalue weighted by Gasteiger charge is 2.36. The second-order valence-electron chi connectivity index (χ2n) is 8.91. The second kappa shape index (κ2) is 10.3. The van der Waals surface area contributed by atoms with Gasteiger partial charge in [0.05, 0.1) is 42.7 Å². The maximum Gasteiger partial charge on any atom is 0.163 e. The molecule has 3 aromatic rings. The van der Waals surface area contributed by atoms with Crippen LogP contribution in [0.4, 0.5) is 11.4 Å². The van der Waals surface area contributed by atoms with Crippen molar-refractivity contribution in [3.05, 3.63) is 87.5 Å². The molecule has 2 N–H and O–H groups in total. The number of Topliss-reactive ketones (excluding diaryl/α,β-unsaturated/α-hetero) is 1. The second-order valence-corrected chi connectivity index (χ2v) is 9.76. The molecule has 2 aliphatic rings. The van der Waals surface area contributed by atoms with Crippen molar-refractivity contribution in [3.63, 3.8) is 0 Å². The summed E-state index contributed by atoms with van der Waals surface area (Å²) in [5.41, 5.74) is 5.68. The van der Waals surface area contributed by atoms with Gasteiger partial charge in [-0.15, -0.1) is 0 Å². The lowest BCUT2D eigenvalue weighted by atomic mass is 9.78. The molecular weight excluding hydrogens is 520 g/mol. The van der Waals surface area contributed by atoms with Gasteiger partial charge in [-0.25, -0.2) is 0 Å². The van der Waals surface area contributed by atoms with Crippen LogP contribution < -0.4 is 24.8 Å². The zero-order valence-corrected chi connectivity index (χ0v) is 22.1. The van der Waals surface area contributed by atoms with Gasteiger partial charge in [0.2, 0.25) is 0 Å².